The number of hydrogen-bond donors (Lipinski definition) is 2. The Kier molecular flexibility index (Phi) is 4.10. The zero-order valence-corrected chi connectivity index (χ0v) is 15.4. The SMILES string of the molecule is C[Si](C)(C)N1N[Si](F)(F)NN([Si](C)(C)C)[Si]1(F)F. The van der Waals surface area contributed by atoms with Crippen molar-refractivity contribution in [3.05, 3.63) is 0 Å². The third-order valence-electron chi connectivity index (χ3n) is 2.38. The van der Waals surface area contributed by atoms with Crippen LogP contribution in [0.25, 0.3) is 0 Å². The van der Waals surface area contributed by atoms with E-state index in [1.807, 2.05) is 0 Å². The van der Waals surface area contributed by atoms with Crippen LogP contribution in [0, 0.1) is 0 Å². The van der Waals surface area contributed by atoms with Crippen LogP contribution < -0.4 is 10.2 Å². The predicted molar refractivity (Wildman–Crippen MR) is 72.6 cm³/mol. The molecule has 108 valence electrons. The van der Waals surface area contributed by atoms with Crippen LogP contribution in [0.2, 0.25) is 39.3 Å². The Hall–Kier alpha value is 0.428. The van der Waals surface area contributed by atoms with Crippen LogP contribution in [0.4, 0.5) is 16.4 Å². The summed E-state index contributed by atoms with van der Waals surface area (Å²) >= 11 is 0. The van der Waals surface area contributed by atoms with Crippen LogP contribution in [0.1, 0.15) is 0 Å². The van der Waals surface area contributed by atoms with Crippen LogP contribution in [0.15, 0.2) is 0 Å². The van der Waals surface area contributed by atoms with Crippen LogP contribution in [0.5, 0.6) is 0 Å². The normalized spacial score (nSPS) is 26.3. The molecule has 0 aromatic carbocycles. The highest BCUT2D eigenvalue weighted by Gasteiger charge is 2.67. The van der Waals surface area contributed by atoms with E-state index in [0.29, 0.717) is 8.68 Å². The molecular formula is C6H20F4N4Si4. The van der Waals surface area contributed by atoms with Gasteiger partial charge in [0.1, 0.15) is 16.5 Å². The van der Waals surface area contributed by atoms with Gasteiger partial charge >= 0.3 is 18.1 Å². The number of hydrazine groups is 2. The Labute approximate surface area is 109 Å². The number of halogens is 4. The first-order chi connectivity index (χ1) is 7.68. The second-order valence-corrected chi connectivity index (χ2v) is 20.3. The second kappa shape index (κ2) is 4.47. The van der Waals surface area contributed by atoms with E-state index >= 15 is 0 Å². The summed E-state index contributed by atoms with van der Waals surface area (Å²) in [6, 6.07) is 0. The molecule has 0 amide bonds. The zero-order chi connectivity index (χ0) is 14.6. The van der Waals surface area contributed by atoms with Gasteiger partial charge in [-0.1, -0.05) is 39.3 Å². The van der Waals surface area contributed by atoms with Gasteiger partial charge in [-0.2, -0.15) is 0 Å². The van der Waals surface area contributed by atoms with Crippen LogP contribution in [-0.2, 0) is 0 Å². The van der Waals surface area contributed by atoms with Gasteiger partial charge in [-0.05, 0) is 0 Å². The quantitative estimate of drug-likeness (QED) is 0.459. The van der Waals surface area contributed by atoms with E-state index in [-0.39, 0.29) is 0 Å². The molecule has 1 heterocycles. The fourth-order valence-corrected chi connectivity index (χ4v) is 15.3. The maximum atomic E-state index is 14.5. The molecule has 18 heavy (non-hydrogen) atoms. The maximum Gasteiger partial charge on any atom is 0.620 e. The molecule has 1 saturated heterocycles. The molecule has 4 nitrogen and oxygen atoms in total. The molecule has 2 N–H and O–H groups in total. The summed E-state index contributed by atoms with van der Waals surface area (Å²) in [4.78, 5) is 0. The molecule has 0 atom stereocenters. The first-order valence-electron chi connectivity index (χ1n) is 5.60. The van der Waals surface area contributed by atoms with Gasteiger partial charge in [0, 0.05) is 0 Å². The average molecular weight is 337 g/mol. The summed E-state index contributed by atoms with van der Waals surface area (Å²) in [5, 5.41) is 3.61. The second-order valence-electron chi connectivity index (χ2n) is 6.32. The number of nitrogens with one attached hydrogen (secondary N) is 2. The van der Waals surface area contributed by atoms with Crippen molar-refractivity contribution in [2.45, 2.75) is 39.3 Å². The van der Waals surface area contributed by atoms with Gasteiger partial charge in [-0.3, -0.25) is 0 Å². The lowest BCUT2D eigenvalue weighted by molar-refractivity contribution is 0.234. The summed E-state index contributed by atoms with van der Waals surface area (Å²) in [5.41, 5.74) is 0. The van der Waals surface area contributed by atoms with Crippen LogP contribution >= 0.6 is 0 Å². The van der Waals surface area contributed by atoms with Gasteiger partial charge in [0.25, 0.3) is 0 Å². The molecule has 0 bridgehead atoms. The largest absolute Gasteiger partial charge is 0.620 e. The molecule has 1 fully saturated rings. The summed E-state index contributed by atoms with van der Waals surface area (Å²) in [5.74, 6) is 0. The van der Waals surface area contributed by atoms with Crippen LogP contribution in [0.3, 0.4) is 0 Å². The van der Waals surface area contributed by atoms with E-state index in [0.717, 1.165) is 0 Å². The molecule has 0 aliphatic carbocycles. The molecule has 0 radical (unpaired) electrons. The molecular weight excluding hydrogens is 316 g/mol. The molecule has 1 rings (SSSR count). The molecule has 0 unspecified atom stereocenters. The van der Waals surface area contributed by atoms with E-state index < -0.39 is 34.6 Å². The van der Waals surface area contributed by atoms with Crippen molar-refractivity contribution in [1.82, 2.24) is 18.9 Å². The number of rotatable bonds is 2. The lowest BCUT2D eigenvalue weighted by Gasteiger charge is -2.51. The van der Waals surface area contributed by atoms with Crippen molar-refractivity contribution in [3.8, 4) is 0 Å². The first kappa shape index (κ1) is 16.5. The minimum Gasteiger partial charge on any atom is -0.237 e. The van der Waals surface area contributed by atoms with Gasteiger partial charge in [0.05, 0.1) is 0 Å². The van der Waals surface area contributed by atoms with Crippen molar-refractivity contribution in [1.29, 1.82) is 0 Å². The average Bonchev–Trinajstić information content (AvgIpc) is 2.05. The maximum absolute atomic E-state index is 14.5. The molecule has 12 heteroatoms. The molecule has 0 saturated carbocycles. The van der Waals surface area contributed by atoms with Crippen molar-refractivity contribution in [3.63, 3.8) is 0 Å². The molecule has 0 spiro atoms. The van der Waals surface area contributed by atoms with Gasteiger partial charge in [-0.25, -0.2) is 35.3 Å². The van der Waals surface area contributed by atoms with E-state index in [9.17, 15) is 16.4 Å². The van der Waals surface area contributed by atoms with Gasteiger partial charge < -0.3 is 0 Å². The minimum absolute atomic E-state index is 0.640. The van der Waals surface area contributed by atoms with Crippen molar-refractivity contribution in [2.75, 3.05) is 0 Å². The Balaban J connectivity index is 3.22. The molecule has 0 aromatic heterocycles. The van der Waals surface area contributed by atoms with Gasteiger partial charge in [0.2, 0.25) is 0 Å². The highest BCUT2D eigenvalue weighted by molar-refractivity contribution is 6.93. The van der Waals surface area contributed by atoms with E-state index in [1.54, 1.807) is 49.5 Å². The minimum atomic E-state index is -5.09. The third kappa shape index (κ3) is 3.30. The van der Waals surface area contributed by atoms with Gasteiger partial charge in [0.15, 0.2) is 0 Å². The zero-order valence-electron chi connectivity index (χ0n) is 11.4. The third-order valence-corrected chi connectivity index (χ3v) is 14.1. The first-order valence-corrected chi connectivity index (χ1v) is 15.9. The molecule has 0 aromatic rings. The Bertz CT molecular complexity index is 301. The standard InChI is InChI=1S/C6H20F4N4Si4/c1-15(2,3)13-11-17(7,8)12-14(16(4,5)6)18(13,9)10/h11-12H,1-6H3. The highest BCUT2D eigenvalue weighted by atomic mass is 28.5. The topological polar surface area (TPSA) is 30.5 Å². The van der Waals surface area contributed by atoms with Crippen molar-refractivity contribution in [2.24, 2.45) is 0 Å². The van der Waals surface area contributed by atoms with Crippen LogP contribution in [-0.4, -0.2) is 43.3 Å². The predicted octanol–water partition coefficient (Wildman–Crippen LogP) is 2.03. The lowest BCUT2D eigenvalue weighted by atomic mass is 11.8. The number of nitrogens with zero attached hydrogens (tertiary/aromatic N) is 2. The molecule has 1 aliphatic rings. The smallest absolute Gasteiger partial charge is 0.237 e. The Morgan fingerprint density at radius 3 is 1.22 bits per heavy atom. The van der Waals surface area contributed by atoms with Crippen molar-refractivity contribution < 1.29 is 16.4 Å². The summed E-state index contributed by atoms with van der Waals surface area (Å²) < 4.78 is 57.6. The fourth-order valence-electron chi connectivity index (χ4n) is 1.68. The summed E-state index contributed by atoms with van der Waals surface area (Å²) in [6.07, 6.45) is 0. The van der Waals surface area contributed by atoms with E-state index in [2.05, 4.69) is 0 Å². The van der Waals surface area contributed by atoms with E-state index in [1.165, 1.54) is 0 Å². The highest BCUT2D eigenvalue weighted by Crippen LogP contribution is 2.31. The summed E-state index contributed by atoms with van der Waals surface area (Å²) in [7, 11) is -15.3. The van der Waals surface area contributed by atoms with Crippen molar-refractivity contribution >= 4 is 34.6 Å². The summed E-state index contributed by atoms with van der Waals surface area (Å²) in [6.45, 7) is 9.83. The lowest BCUT2D eigenvalue weighted by Crippen LogP contribution is -2.89. The molecule has 1 aliphatic heterocycles. The number of hydrogen-bond acceptors (Lipinski definition) is 4. The monoisotopic (exact) mass is 336 g/mol. The Morgan fingerprint density at radius 1 is 0.722 bits per heavy atom. The van der Waals surface area contributed by atoms with E-state index in [4.69, 9.17) is 0 Å². The van der Waals surface area contributed by atoms with Gasteiger partial charge in [-0.15, -0.1) is 0 Å². The fraction of sp³-hybridized carbons (Fsp3) is 1.00. The Morgan fingerprint density at radius 2 is 1.00 bits per heavy atom.